The molecule has 0 rings (SSSR count). The van der Waals surface area contributed by atoms with Crippen LogP contribution in [0.3, 0.4) is 0 Å². The molecule has 0 saturated heterocycles. The van der Waals surface area contributed by atoms with Gasteiger partial charge in [-0.1, -0.05) is 6.08 Å². The van der Waals surface area contributed by atoms with Crippen molar-refractivity contribution in [1.82, 2.24) is 0 Å². The zero-order valence-electron chi connectivity index (χ0n) is 9.00. The van der Waals surface area contributed by atoms with Crippen molar-refractivity contribution in [1.29, 1.82) is 0 Å². The number of rotatable bonds is 9. The Hall–Kier alpha value is -0.670. The molecule has 0 aromatic carbocycles. The van der Waals surface area contributed by atoms with E-state index in [4.69, 9.17) is 10.5 Å². The lowest BCUT2D eigenvalue weighted by molar-refractivity contribution is -0.120. The van der Waals surface area contributed by atoms with Crippen LogP contribution in [0.4, 0.5) is 0 Å². The molecule has 0 radical (unpaired) electrons. The lowest BCUT2D eigenvalue weighted by Gasteiger charge is -2.09. The van der Waals surface area contributed by atoms with Crippen molar-refractivity contribution in [3.05, 3.63) is 12.7 Å². The molecule has 0 heterocycles. The van der Waals surface area contributed by atoms with Crippen molar-refractivity contribution in [2.45, 2.75) is 38.1 Å². The minimum absolute atomic E-state index is 0.156. The number of nitrogens with two attached hydrogens (primary N) is 1. The molecule has 0 bridgehead atoms. The van der Waals surface area contributed by atoms with Gasteiger partial charge in [0.15, 0.2) is 0 Å². The molecule has 0 aromatic rings. The number of hydrogen-bond donors (Lipinski definition) is 1. The number of carbonyl (C=O) groups excluding carboxylic acids is 1. The SMILES string of the molecule is C=CCCCC(=O)C(N)CCCOC. The number of ether oxygens (including phenoxy) is 1. The van der Waals surface area contributed by atoms with Gasteiger partial charge < -0.3 is 10.5 Å². The molecule has 1 unspecified atom stereocenters. The molecule has 3 nitrogen and oxygen atoms in total. The number of hydrogen-bond acceptors (Lipinski definition) is 3. The predicted octanol–water partition coefficient (Wildman–Crippen LogP) is 1.67. The van der Waals surface area contributed by atoms with Gasteiger partial charge in [0.05, 0.1) is 6.04 Å². The molecule has 0 aliphatic heterocycles. The lowest BCUT2D eigenvalue weighted by atomic mass is 10.0. The van der Waals surface area contributed by atoms with Gasteiger partial charge in [-0.05, 0) is 25.7 Å². The molecule has 0 spiro atoms. The van der Waals surface area contributed by atoms with E-state index in [2.05, 4.69) is 6.58 Å². The van der Waals surface area contributed by atoms with Crippen molar-refractivity contribution < 1.29 is 9.53 Å². The summed E-state index contributed by atoms with van der Waals surface area (Å²) in [6.07, 6.45) is 5.71. The normalized spacial score (nSPS) is 12.4. The second kappa shape index (κ2) is 8.91. The molecular weight excluding hydrogens is 178 g/mol. The van der Waals surface area contributed by atoms with Crippen LogP contribution in [0.25, 0.3) is 0 Å². The predicted molar refractivity (Wildman–Crippen MR) is 58.1 cm³/mol. The van der Waals surface area contributed by atoms with E-state index in [1.807, 2.05) is 6.08 Å². The summed E-state index contributed by atoms with van der Waals surface area (Å²) >= 11 is 0. The number of methoxy groups -OCH3 is 1. The molecule has 0 aliphatic rings. The van der Waals surface area contributed by atoms with Crippen LogP contribution in [-0.2, 0) is 9.53 Å². The van der Waals surface area contributed by atoms with Crippen LogP contribution < -0.4 is 5.73 Å². The second-order valence-electron chi connectivity index (χ2n) is 3.39. The molecule has 3 heteroatoms. The van der Waals surface area contributed by atoms with Crippen molar-refractivity contribution >= 4 is 5.78 Å². The highest BCUT2D eigenvalue weighted by atomic mass is 16.5. The highest BCUT2D eigenvalue weighted by molar-refractivity contribution is 5.83. The van der Waals surface area contributed by atoms with Crippen molar-refractivity contribution in [3.8, 4) is 0 Å². The lowest BCUT2D eigenvalue weighted by Crippen LogP contribution is -2.30. The van der Waals surface area contributed by atoms with E-state index in [1.54, 1.807) is 7.11 Å². The Morgan fingerprint density at radius 2 is 2.29 bits per heavy atom. The monoisotopic (exact) mass is 199 g/mol. The third-order valence-electron chi connectivity index (χ3n) is 2.11. The summed E-state index contributed by atoms with van der Waals surface area (Å²) in [7, 11) is 1.65. The first-order valence-corrected chi connectivity index (χ1v) is 5.10. The van der Waals surface area contributed by atoms with Crippen LogP contribution in [0.2, 0.25) is 0 Å². The van der Waals surface area contributed by atoms with Gasteiger partial charge in [0.25, 0.3) is 0 Å². The largest absolute Gasteiger partial charge is 0.385 e. The van der Waals surface area contributed by atoms with Gasteiger partial charge in [0, 0.05) is 20.1 Å². The van der Waals surface area contributed by atoms with Crippen LogP contribution in [0.5, 0.6) is 0 Å². The fourth-order valence-corrected chi connectivity index (χ4v) is 1.21. The van der Waals surface area contributed by atoms with Gasteiger partial charge in [0.1, 0.15) is 5.78 Å². The zero-order valence-corrected chi connectivity index (χ0v) is 9.00. The third kappa shape index (κ3) is 6.80. The first-order chi connectivity index (χ1) is 6.72. The van der Waals surface area contributed by atoms with Crippen molar-refractivity contribution in [2.75, 3.05) is 13.7 Å². The molecule has 0 aliphatic carbocycles. The zero-order chi connectivity index (χ0) is 10.8. The number of Topliss-reactive ketones (excluding diaryl/α,β-unsaturated/α-hetero) is 1. The molecule has 0 amide bonds. The fraction of sp³-hybridized carbons (Fsp3) is 0.727. The summed E-state index contributed by atoms with van der Waals surface area (Å²) in [6.45, 7) is 4.28. The molecule has 0 saturated carbocycles. The van der Waals surface area contributed by atoms with Crippen LogP contribution in [0.1, 0.15) is 32.1 Å². The van der Waals surface area contributed by atoms with Crippen molar-refractivity contribution in [2.24, 2.45) is 5.73 Å². The highest BCUT2D eigenvalue weighted by Gasteiger charge is 2.11. The summed E-state index contributed by atoms with van der Waals surface area (Å²) in [5, 5.41) is 0. The van der Waals surface area contributed by atoms with E-state index in [9.17, 15) is 4.79 Å². The Morgan fingerprint density at radius 1 is 1.57 bits per heavy atom. The van der Waals surface area contributed by atoms with E-state index in [0.29, 0.717) is 13.0 Å². The Kier molecular flexibility index (Phi) is 8.48. The number of unbranched alkanes of at least 4 members (excludes halogenated alkanes) is 1. The number of ketones is 1. The van der Waals surface area contributed by atoms with E-state index >= 15 is 0 Å². The molecule has 2 N–H and O–H groups in total. The van der Waals surface area contributed by atoms with E-state index in [-0.39, 0.29) is 11.8 Å². The smallest absolute Gasteiger partial charge is 0.149 e. The average Bonchev–Trinajstić information content (AvgIpc) is 2.18. The Labute approximate surface area is 86.3 Å². The minimum Gasteiger partial charge on any atom is -0.385 e. The Bertz CT molecular complexity index is 169. The maximum atomic E-state index is 11.4. The Balaban J connectivity index is 3.49. The van der Waals surface area contributed by atoms with Gasteiger partial charge >= 0.3 is 0 Å². The van der Waals surface area contributed by atoms with E-state index in [0.717, 1.165) is 25.7 Å². The minimum atomic E-state index is -0.310. The van der Waals surface area contributed by atoms with Gasteiger partial charge in [-0.2, -0.15) is 0 Å². The molecule has 0 fully saturated rings. The summed E-state index contributed by atoms with van der Waals surface area (Å²) in [5.74, 6) is 0.156. The van der Waals surface area contributed by atoms with Gasteiger partial charge in [-0.15, -0.1) is 6.58 Å². The molecule has 82 valence electrons. The van der Waals surface area contributed by atoms with Gasteiger partial charge in [-0.25, -0.2) is 0 Å². The first kappa shape index (κ1) is 13.3. The maximum Gasteiger partial charge on any atom is 0.149 e. The van der Waals surface area contributed by atoms with E-state index in [1.165, 1.54) is 0 Å². The fourth-order valence-electron chi connectivity index (χ4n) is 1.21. The first-order valence-electron chi connectivity index (χ1n) is 5.10. The summed E-state index contributed by atoms with van der Waals surface area (Å²) in [4.78, 5) is 11.4. The second-order valence-corrected chi connectivity index (χ2v) is 3.39. The molecule has 0 aromatic heterocycles. The van der Waals surface area contributed by atoms with Gasteiger partial charge in [-0.3, -0.25) is 4.79 Å². The topological polar surface area (TPSA) is 52.3 Å². The van der Waals surface area contributed by atoms with E-state index < -0.39 is 0 Å². The number of allylic oxidation sites excluding steroid dienone is 1. The van der Waals surface area contributed by atoms with Gasteiger partial charge in [0.2, 0.25) is 0 Å². The van der Waals surface area contributed by atoms with Crippen LogP contribution in [0.15, 0.2) is 12.7 Å². The quantitative estimate of drug-likeness (QED) is 0.454. The van der Waals surface area contributed by atoms with Crippen molar-refractivity contribution in [3.63, 3.8) is 0 Å². The molecule has 1 atom stereocenters. The standard InChI is InChI=1S/C11H21NO2/c1-3-4-5-8-11(13)10(12)7-6-9-14-2/h3,10H,1,4-9,12H2,2H3. The van der Waals surface area contributed by atoms with Crippen LogP contribution in [-0.4, -0.2) is 25.5 Å². The Morgan fingerprint density at radius 3 is 2.86 bits per heavy atom. The highest BCUT2D eigenvalue weighted by Crippen LogP contribution is 2.03. The average molecular weight is 199 g/mol. The number of carbonyl (C=O) groups is 1. The van der Waals surface area contributed by atoms with Crippen LogP contribution >= 0.6 is 0 Å². The summed E-state index contributed by atoms with van der Waals surface area (Å²) in [6, 6.07) is -0.310. The molecule has 14 heavy (non-hydrogen) atoms. The molecular formula is C11H21NO2. The summed E-state index contributed by atoms with van der Waals surface area (Å²) in [5.41, 5.74) is 5.71. The third-order valence-corrected chi connectivity index (χ3v) is 2.11. The maximum absolute atomic E-state index is 11.4. The summed E-state index contributed by atoms with van der Waals surface area (Å²) < 4.78 is 4.89. The van der Waals surface area contributed by atoms with Crippen LogP contribution in [0, 0.1) is 0 Å².